The van der Waals surface area contributed by atoms with Crippen molar-refractivity contribution < 1.29 is 4.39 Å². The van der Waals surface area contributed by atoms with Crippen molar-refractivity contribution in [3.63, 3.8) is 0 Å². The minimum atomic E-state index is -0.254. The summed E-state index contributed by atoms with van der Waals surface area (Å²) < 4.78 is 13.3. The van der Waals surface area contributed by atoms with Gasteiger partial charge in [0.25, 0.3) is 0 Å². The predicted octanol–water partition coefficient (Wildman–Crippen LogP) is 4.69. The summed E-state index contributed by atoms with van der Waals surface area (Å²) >= 11 is 0. The average molecular weight is 346 g/mol. The van der Waals surface area contributed by atoms with Crippen molar-refractivity contribution in [2.75, 3.05) is 0 Å². The van der Waals surface area contributed by atoms with Crippen molar-refractivity contribution >= 4 is 17.6 Å². The Morgan fingerprint density at radius 2 is 1.85 bits per heavy atom. The van der Waals surface area contributed by atoms with Crippen LogP contribution in [0.25, 0.3) is 5.70 Å². The van der Waals surface area contributed by atoms with Crippen LogP contribution in [0.15, 0.2) is 70.2 Å². The smallest absolute Gasteiger partial charge is 0.153 e. The monoisotopic (exact) mass is 346 g/mol. The minimum absolute atomic E-state index is 0.254. The largest absolute Gasteiger partial charge is 0.262 e. The summed E-state index contributed by atoms with van der Waals surface area (Å²) in [5, 5.41) is 6.51. The molecule has 4 nitrogen and oxygen atoms in total. The Labute approximate surface area is 152 Å². The SMILES string of the molecule is CC1=C2N=C(c3ccc(F)cc3)C=C(c3ccnc(C)c3)N2N=CCC1. The Morgan fingerprint density at radius 3 is 2.62 bits per heavy atom. The van der Waals surface area contributed by atoms with Crippen molar-refractivity contribution in [1.29, 1.82) is 0 Å². The van der Waals surface area contributed by atoms with Gasteiger partial charge in [-0.1, -0.05) is 0 Å². The van der Waals surface area contributed by atoms with Gasteiger partial charge in [0.15, 0.2) is 5.82 Å². The van der Waals surface area contributed by atoms with E-state index in [1.165, 1.54) is 17.7 Å². The van der Waals surface area contributed by atoms with Crippen LogP contribution >= 0.6 is 0 Å². The van der Waals surface area contributed by atoms with Crippen LogP contribution in [0, 0.1) is 12.7 Å². The molecule has 4 rings (SSSR count). The summed E-state index contributed by atoms with van der Waals surface area (Å²) in [4.78, 5) is 9.13. The third-order valence-electron chi connectivity index (χ3n) is 4.49. The fourth-order valence-corrected chi connectivity index (χ4v) is 3.10. The van der Waals surface area contributed by atoms with Crippen LogP contribution in [0.1, 0.15) is 36.6 Å². The van der Waals surface area contributed by atoms with Crippen LogP contribution in [-0.4, -0.2) is 21.9 Å². The van der Waals surface area contributed by atoms with Crippen LogP contribution in [0.2, 0.25) is 0 Å². The van der Waals surface area contributed by atoms with E-state index in [0.717, 1.165) is 46.9 Å². The molecule has 3 heterocycles. The average Bonchev–Trinajstić information content (AvgIpc) is 2.83. The topological polar surface area (TPSA) is 40.9 Å². The maximum Gasteiger partial charge on any atom is 0.153 e. The number of hydrazone groups is 1. The second kappa shape index (κ2) is 6.67. The molecule has 0 aliphatic carbocycles. The molecule has 2 aliphatic rings. The van der Waals surface area contributed by atoms with Crippen LogP contribution < -0.4 is 0 Å². The number of aryl methyl sites for hydroxylation is 1. The lowest BCUT2D eigenvalue weighted by molar-refractivity contribution is 0.511. The normalized spacial score (nSPS) is 16.8. The van der Waals surface area contributed by atoms with Gasteiger partial charge >= 0.3 is 0 Å². The molecule has 0 spiro atoms. The summed E-state index contributed by atoms with van der Waals surface area (Å²) in [6.07, 6.45) is 7.53. The van der Waals surface area contributed by atoms with E-state index in [-0.39, 0.29) is 5.82 Å². The molecule has 0 saturated carbocycles. The lowest BCUT2D eigenvalue weighted by atomic mass is 10.0. The van der Waals surface area contributed by atoms with E-state index in [0.29, 0.717) is 0 Å². The van der Waals surface area contributed by atoms with Gasteiger partial charge in [-0.25, -0.2) is 14.4 Å². The van der Waals surface area contributed by atoms with Crippen molar-refractivity contribution in [2.45, 2.75) is 26.7 Å². The van der Waals surface area contributed by atoms with Gasteiger partial charge in [0.2, 0.25) is 0 Å². The molecule has 5 heteroatoms. The van der Waals surface area contributed by atoms with Gasteiger partial charge in [0, 0.05) is 29.2 Å². The molecule has 0 fully saturated rings. The fourth-order valence-electron chi connectivity index (χ4n) is 3.10. The molecule has 1 aromatic carbocycles. The molecule has 1 aromatic heterocycles. The van der Waals surface area contributed by atoms with Gasteiger partial charge in [-0.15, -0.1) is 0 Å². The Hall–Kier alpha value is -3.08. The van der Waals surface area contributed by atoms with Gasteiger partial charge in [-0.2, -0.15) is 5.10 Å². The zero-order valence-electron chi connectivity index (χ0n) is 14.8. The standard InChI is InChI=1S/C21H19FN4/c1-14-4-3-10-24-26-20(17-9-11-23-15(2)12-17)13-19(25-21(14)26)16-5-7-18(22)8-6-16/h5-13H,3-4H2,1-2H3. The molecule has 0 bridgehead atoms. The first kappa shape index (κ1) is 16.4. The number of aromatic nitrogens is 1. The number of nitrogens with zero attached hydrogens (tertiary/aromatic N) is 4. The second-order valence-electron chi connectivity index (χ2n) is 6.47. The Bertz CT molecular complexity index is 968. The summed E-state index contributed by atoms with van der Waals surface area (Å²) in [5.41, 5.74) is 5.77. The number of hydrogen-bond acceptors (Lipinski definition) is 4. The Kier molecular flexibility index (Phi) is 4.21. The minimum Gasteiger partial charge on any atom is -0.262 e. The van der Waals surface area contributed by atoms with Gasteiger partial charge in [0.05, 0.1) is 11.4 Å². The second-order valence-corrected chi connectivity index (χ2v) is 6.47. The maximum atomic E-state index is 13.3. The molecule has 2 aromatic rings. The van der Waals surface area contributed by atoms with Gasteiger partial charge < -0.3 is 0 Å². The molecule has 130 valence electrons. The first-order valence-corrected chi connectivity index (χ1v) is 8.63. The lowest BCUT2D eigenvalue weighted by Crippen LogP contribution is -2.22. The molecular formula is C21H19FN4. The summed E-state index contributed by atoms with van der Waals surface area (Å²) in [6.45, 7) is 4.05. The van der Waals surface area contributed by atoms with Crippen LogP contribution in [0.5, 0.6) is 0 Å². The summed E-state index contributed by atoms with van der Waals surface area (Å²) in [7, 11) is 0. The number of fused-ring (bicyclic) bond motifs is 1. The first-order valence-electron chi connectivity index (χ1n) is 8.63. The van der Waals surface area contributed by atoms with Gasteiger partial charge in [-0.3, -0.25) is 4.98 Å². The highest BCUT2D eigenvalue weighted by molar-refractivity contribution is 6.13. The first-order chi connectivity index (χ1) is 12.6. The van der Waals surface area contributed by atoms with Crippen LogP contribution in [0.3, 0.4) is 0 Å². The molecule has 0 amide bonds. The predicted molar refractivity (Wildman–Crippen MR) is 102 cm³/mol. The van der Waals surface area contributed by atoms with Crippen LogP contribution in [-0.2, 0) is 0 Å². The van der Waals surface area contributed by atoms with E-state index in [9.17, 15) is 4.39 Å². The molecule has 0 N–H and O–H groups in total. The lowest BCUT2D eigenvalue weighted by Gasteiger charge is -2.27. The van der Waals surface area contributed by atoms with E-state index in [2.05, 4.69) is 17.0 Å². The number of pyridine rings is 1. The molecule has 2 aliphatic heterocycles. The number of hydrogen-bond donors (Lipinski definition) is 0. The third-order valence-corrected chi connectivity index (χ3v) is 4.49. The number of benzene rings is 1. The number of allylic oxidation sites excluding steroid dienone is 2. The number of aliphatic imine (C=N–C) groups is 1. The van der Waals surface area contributed by atoms with Crippen LogP contribution in [0.4, 0.5) is 4.39 Å². The molecule has 0 atom stereocenters. The van der Waals surface area contributed by atoms with E-state index in [1.807, 2.05) is 36.4 Å². The third kappa shape index (κ3) is 3.08. The highest BCUT2D eigenvalue weighted by Crippen LogP contribution is 2.33. The zero-order valence-corrected chi connectivity index (χ0v) is 14.8. The van der Waals surface area contributed by atoms with Gasteiger partial charge in [0.1, 0.15) is 5.82 Å². The van der Waals surface area contributed by atoms with E-state index >= 15 is 0 Å². The van der Waals surface area contributed by atoms with E-state index in [1.54, 1.807) is 18.3 Å². The van der Waals surface area contributed by atoms with Crippen molar-refractivity contribution in [2.24, 2.45) is 10.1 Å². The molecule has 26 heavy (non-hydrogen) atoms. The van der Waals surface area contributed by atoms with Gasteiger partial charge in [-0.05, 0) is 74.7 Å². The summed E-state index contributed by atoms with van der Waals surface area (Å²) in [6, 6.07) is 10.4. The Balaban J connectivity index is 1.90. The van der Waals surface area contributed by atoms with E-state index in [4.69, 9.17) is 4.99 Å². The maximum absolute atomic E-state index is 13.3. The van der Waals surface area contributed by atoms with Crippen molar-refractivity contribution in [1.82, 2.24) is 9.99 Å². The fraction of sp³-hybridized carbons (Fsp3) is 0.190. The Morgan fingerprint density at radius 1 is 1.04 bits per heavy atom. The van der Waals surface area contributed by atoms with E-state index < -0.39 is 0 Å². The highest BCUT2D eigenvalue weighted by Gasteiger charge is 2.25. The van der Waals surface area contributed by atoms with Crippen molar-refractivity contribution in [3.05, 3.63) is 82.7 Å². The zero-order chi connectivity index (χ0) is 18.1. The summed E-state index contributed by atoms with van der Waals surface area (Å²) in [5.74, 6) is 0.584. The molecule has 0 radical (unpaired) electrons. The quantitative estimate of drug-likeness (QED) is 0.792. The molecular weight excluding hydrogens is 327 g/mol. The highest BCUT2D eigenvalue weighted by atomic mass is 19.1. The number of rotatable bonds is 2. The molecule has 0 unspecified atom stereocenters. The molecule has 0 saturated heterocycles. The number of halogens is 1. The van der Waals surface area contributed by atoms with Crippen molar-refractivity contribution in [3.8, 4) is 0 Å².